The first-order valence-electron chi connectivity index (χ1n) is 5.96. The molecule has 1 aromatic carbocycles. The summed E-state index contributed by atoms with van der Waals surface area (Å²) in [5.41, 5.74) is 4.24. The summed E-state index contributed by atoms with van der Waals surface area (Å²) < 4.78 is 0. The topological polar surface area (TPSA) is 38.0 Å². The molecule has 1 atom stereocenters. The maximum atomic E-state index is 5.63. The van der Waals surface area contributed by atoms with E-state index in [-0.39, 0.29) is 0 Å². The highest BCUT2D eigenvalue weighted by Gasteiger charge is 2.09. The van der Waals surface area contributed by atoms with Crippen LogP contribution in [0.3, 0.4) is 0 Å². The third-order valence-electron chi connectivity index (χ3n) is 2.80. The van der Waals surface area contributed by atoms with E-state index in [1.807, 2.05) is 11.8 Å². The van der Waals surface area contributed by atoms with Crippen molar-refractivity contribution in [2.24, 2.45) is 5.84 Å². The minimum Gasteiger partial charge on any atom is -0.271 e. The van der Waals surface area contributed by atoms with E-state index in [4.69, 9.17) is 5.84 Å². The smallest absolute Gasteiger partial charge is 0.0352 e. The summed E-state index contributed by atoms with van der Waals surface area (Å²) in [6, 6.07) is 13.0. The highest BCUT2D eigenvalue weighted by Crippen LogP contribution is 2.23. The van der Waals surface area contributed by atoms with Crippen LogP contribution < -0.4 is 11.3 Å². The fraction of sp³-hybridized carbons (Fsp3) is 0.286. The lowest BCUT2D eigenvalue weighted by atomic mass is 10.2. The van der Waals surface area contributed by atoms with Crippen LogP contribution in [0.2, 0.25) is 0 Å². The predicted molar refractivity (Wildman–Crippen MR) is 81.0 cm³/mol. The molecule has 0 fully saturated rings. The zero-order valence-electron chi connectivity index (χ0n) is 10.4. The molecular weight excluding hydrogens is 260 g/mol. The van der Waals surface area contributed by atoms with Gasteiger partial charge in [-0.15, -0.1) is 23.1 Å². The molecule has 18 heavy (non-hydrogen) atoms. The summed E-state index contributed by atoms with van der Waals surface area (Å²) in [6.45, 7) is 2.15. The molecule has 1 unspecified atom stereocenters. The lowest BCUT2D eigenvalue weighted by molar-refractivity contribution is 0.579. The molecule has 0 aliphatic heterocycles. The van der Waals surface area contributed by atoms with Crippen molar-refractivity contribution < 1.29 is 0 Å². The van der Waals surface area contributed by atoms with Gasteiger partial charge in [0.2, 0.25) is 0 Å². The molecule has 2 aromatic rings. The number of nitrogens with two attached hydrogens (primary N) is 1. The second-order valence-electron chi connectivity index (χ2n) is 4.22. The normalized spacial score (nSPS) is 12.6. The molecule has 2 nitrogen and oxygen atoms in total. The summed E-state index contributed by atoms with van der Waals surface area (Å²) in [7, 11) is 0. The van der Waals surface area contributed by atoms with Crippen LogP contribution in [0.15, 0.2) is 46.7 Å². The van der Waals surface area contributed by atoms with E-state index in [0.717, 1.165) is 12.2 Å². The first-order valence-corrected chi connectivity index (χ1v) is 7.83. The SMILES string of the molecule is Cc1ccccc1SCC(Cc1cccs1)NN. The monoisotopic (exact) mass is 278 g/mol. The Labute approximate surface area is 117 Å². The number of rotatable bonds is 6. The van der Waals surface area contributed by atoms with Crippen molar-refractivity contribution in [1.29, 1.82) is 0 Å². The van der Waals surface area contributed by atoms with Crippen LogP contribution in [-0.2, 0) is 6.42 Å². The average molecular weight is 278 g/mol. The van der Waals surface area contributed by atoms with E-state index in [1.165, 1.54) is 15.3 Å². The lowest BCUT2D eigenvalue weighted by Crippen LogP contribution is -2.38. The molecule has 2 rings (SSSR count). The van der Waals surface area contributed by atoms with E-state index < -0.39 is 0 Å². The number of aryl methyl sites for hydroxylation is 1. The van der Waals surface area contributed by atoms with Crippen molar-refractivity contribution in [3.8, 4) is 0 Å². The Morgan fingerprint density at radius 3 is 2.78 bits per heavy atom. The lowest BCUT2D eigenvalue weighted by Gasteiger charge is -2.15. The van der Waals surface area contributed by atoms with Gasteiger partial charge in [0.1, 0.15) is 0 Å². The Hall–Kier alpha value is -0.810. The zero-order valence-corrected chi connectivity index (χ0v) is 12.1. The molecule has 0 amide bonds. The molecule has 0 radical (unpaired) electrons. The standard InChI is InChI=1S/C14H18N2S2/c1-11-5-2-3-7-14(11)18-10-12(16-15)9-13-6-4-8-17-13/h2-8,12,16H,9-10,15H2,1H3. The number of thiophene rings is 1. The Bertz CT molecular complexity index is 468. The Morgan fingerprint density at radius 1 is 1.28 bits per heavy atom. The second-order valence-corrected chi connectivity index (χ2v) is 6.32. The van der Waals surface area contributed by atoms with Crippen LogP contribution in [0.5, 0.6) is 0 Å². The minimum absolute atomic E-state index is 0.313. The van der Waals surface area contributed by atoms with Gasteiger partial charge in [0.05, 0.1) is 0 Å². The van der Waals surface area contributed by atoms with Gasteiger partial charge in [0, 0.05) is 21.6 Å². The maximum Gasteiger partial charge on any atom is 0.0352 e. The Kier molecular flexibility index (Phi) is 5.26. The highest BCUT2D eigenvalue weighted by atomic mass is 32.2. The molecule has 3 N–H and O–H groups in total. The van der Waals surface area contributed by atoms with Gasteiger partial charge in [-0.05, 0) is 36.4 Å². The Balaban J connectivity index is 1.89. The number of thioether (sulfide) groups is 1. The van der Waals surface area contributed by atoms with Crippen LogP contribution in [0.25, 0.3) is 0 Å². The van der Waals surface area contributed by atoms with E-state index in [0.29, 0.717) is 6.04 Å². The zero-order chi connectivity index (χ0) is 12.8. The van der Waals surface area contributed by atoms with Gasteiger partial charge in [-0.1, -0.05) is 24.3 Å². The van der Waals surface area contributed by atoms with Gasteiger partial charge in [-0.25, -0.2) is 0 Å². The molecule has 1 aromatic heterocycles. The minimum atomic E-state index is 0.313. The molecule has 96 valence electrons. The predicted octanol–water partition coefficient (Wildman–Crippen LogP) is 3.22. The van der Waals surface area contributed by atoms with Gasteiger partial charge in [-0.2, -0.15) is 0 Å². The molecule has 0 aliphatic rings. The van der Waals surface area contributed by atoms with Crippen LogP contribution >= 0.6 is 23.1 Å². The maximum absolute atomic E-state index is 5.63. The largest absolute Gasteiger partial charge is 0.271 e. The van der Waals surface area contributed by atoms with Crippen LogP contribution in [0.1, 0.15) is 10.4 Å². The molecular formula is C14H18N2S2. The van der Waals surface area contributed by atoms with Crippen LogP contribution in [0, 0.1) is 6.92 Å². The van der Waals surface area contributed by atoms with Gasteiger partial charge >= 0.3 is 0 Å². The molecule has 0 saturated carbocycles. The fourth-order valence-corrected chi connectivity index (χ4v) is 3.60. The summed E-state index contributed by atoms with van der Waals surface area (Å²) in [4.78, 5) is 2.72. The average Bonchev–Trinajstić information content (AvgIpc) is 2.89. The highest BCUT2D eigenvalue weighted by molar-refractivity contribution is 7.99. The van der Waals surface area contributed by atoms with E-state index >= 15 is 0 Å². The molecule has 1 heterocycles. The van der Waals surface area contributed by atoms with Crippen molar-refractivity contribution in [2.75, 3.05) is 5.75 Å². The first kappa shape index (κ1) is 13.6. The third-order valence-corrected chi connectivity index (χ3v) is 5.03. The van der Waals surface area contributed by atoms with Gasteiger partial charge in [-0.3, -0.25) is 11.3 Å². The number of benzene rings is 1. The quantitative estimate of drug-likeness (QED) is 0.484. The molecule has 4 heteroatoms. The van der Waals surface area contributed by atoms with E-state index in [2.05, 4.69) is 54.1 Å². The van der Waals surface area contributed by atoms with Crippen molar-refractivity contribution in [3.05, 3.63) is 52.2 Å². The summed E-state index contributed by atoms with van der Waals surface area (Å²) in [6.07, 6.45) is 0.993. The Morgan fingerprint density at radius 2 is 2.11 bits per heavy atom. The van der Waals surface area contributed by atoms with Crippen LogP contribution in [0.4, 0.5) is 0 Å². The van der Waals surface area contributed by atoms with E-state index in [9.17, 15) is 0 Å². The van der Waals surface area contributed by atoms with Crippen molar-refractivity contribution in [3.63, 3.8) is 0 Å². The number of hydrogen-bond donors (Lipinski definition) is 2. The molecule has 0 bridgehead atoms. The number of hydrazine groups is 1. The van der Waals surface area contributed by atoms with E-state index in [1.54, 1.807) is 11.3 Å². The molecule has 0 saturated heterocycles. The summed E-state index contributed by atoms with van der Waals surface area (Å²) in [5, 5.41) is 2.11. The fourth-order valence-electron chi connectivity index (χ4n) is 1.75. The molecule has 0 aliphatic carbocycles. The van der Waals surface area contributed by atoms with Crippen molar-refractivity contribution in [1.82, 2.24) is 5.43 Å². The van der Waals surface area contributed by atoms with Gasteiger partial charge < -0.3 is 0 Å². The molecule has 0 spiro atoms. The van der Waals surface area contributed by atoms with Crippen molar-refractivity contribution >= 4 is 23.1 Å². The first-order chi connectivity index (χ1) is 8.79. The van der Waals surface area contributed by atoms with Gasteiger partial charge in [0.25, 0.3) is 0 Å². The summed E-state index contributed by atoms with van der Waals surface area (Å²) in [5.74, 6) is 6.62. The number of nitrogens with one attached hydrogen (secondary N) is 1. The van der Waals surface area contributed by atoms with Crippen LogP contribution in [-0.4, -0.2) is 11.8 Å². The third kappa shape index (κ3) is 3.85. The number of hydrogen-bond acceptors (Lipinski definition) is 4. The summed E-state index contributed by atoms with van der Waals surface area (Å²) >= 11 is 3.65. The van der Waals surface area contributed by atoms with Gasteiger partial charge in [0.15, 0.2) is 0 Å². The van der Waals surface area contributed by atoms with Crippen molar-refractivity contribution in [2.45, 2.75) is 24.3 Å². The second kappa shape index (κ2) is 6.95.